The summed E-state index contributed by atoms with van der Waals surface area (Å²) < 4.78 is 5.41. The van der Waals surface area contributed by atoms with Gasteiger partial charge in [-0.05, 0) is 36.2 Å². The fourth-order valence-electron chi connectivity index (χ4n) is 1.87. The summed E-state index contributed by atoms with van der Waals surface area (Å²) in [7, 11) is 0. The first kappa shape index (κ1) is 14.8. The van der Waals surface area contributed by atoms with Crippen molar-refractivity contribution in [1.82, 2.24) is 0 Å². The van der Waals surface area contributed by atoms with E-state index in [0.29, 0.717) is 16.9 Å². The number of benzene rings is 2. The van der Waals surface area contributed by atoms with Gasteiger partial charge in [-0.2, -0.15) is 0 Å². The van der Waals surface area contributed by atoms with Crippen molar-refractivity contribution < 1.29 is 14.3 Å². The van der Waals surface area contributed by atoms with Crippen molar-refractivity contribution in [3.63, 3.8) is 0 Å². The molecule has 1 amide bonds. The number of carbonyl (C=O) groups is 2. The summed E-state index contributed by atoms with van der Waals surface area (Å²) in [6.45, 7) is 2.02. The van der Waals surface area contributed by atoms with E-state index in [0.717, 1.165) is 6.42 Å². The highest BCUT2D eigenvalue weighted by Gasteiger charge is 2.07. The van der Waals surface area contributed by atoms with Crippen molar-refractivity contribution in [3.05, 3.63) is 65.2 Å². The predicted octanol–water partition coefficient (Wildman–Crippen LogP) is 2.61. The van der Waals surface area contributed by atoms with Gasteiger partial charge in [-0.1, -0.05) is 31.2 Å². The van der Waals surface area contributed by atoms with Crippen LogP contribution in [-0.4, -0.2) is 18.3 Å². The molecule has 0 spiro atoms. The van der Waals surface area contributed by atoms with E-state index in [1.807, 2.05) is 12.1 Å². The standard InChI is InChI=1S/C17H17NO3/c1-2-12-3-5-13(6-4-12)16(19)11-21-15-9-7-14(8-10-15)17(18)20/h3-10H,2,11H2,1H3,(H2,18,20). The lowest BCUT2D eigenvalue weighted by Gasteiger charge is -2.06. The summed E-state index contributed by atoms with van der Waals surface area (Å²) in [5, 5.41) is 0. The number of amides is 1. The van der Waals surface area contributed by atoms with E-state index in [4.69, 9.17) is 10.5 Å². The van der Waals surface area contributed by atoms with Gasteiger partial charge in [0.1, 0.15) is 5.75 Å². The average molecular weight is 283 g/mol. The molecule has 0 bridgehead atoms. The Morgan fingerprint density at radius 3 is 2.05 bits per heavy atom. The Balaban J connectivity index is 1.95. The van der Waals surface area contributed by atoms with E-state index in [1.54, 1.807) is 36.4 Å². The lowest BCUT2D eigenvalue weighted by Crippen LogP contribution is -2.12. The minimum Gasteiger partial charge on any atom is -0.485 e. The molecular formula is C17H17NO3. The molecule has 0 saturated heterocycles. The van der Waals surface area contributed by atoms with Gasteiger partial charge in [0.2, 0.25) is 5.91 Å². The molecular weight excluding hydrogens is 266 g/mol. The highest BCUT2D eigenvalue weighted by atomic mass is 16.5. The monoisotopic (exact) mass is 283 g/mol. The number of primary amides is 1. The smallest absolute Gasteiger partial charge is 0.248 e. The van der Waals surface area contributed by atoms with E-state index in [9.17, 15) is 9.59 Å². The molecule has 2 aromatic rings. The van der Waals surface area contributed by atoms with Gasteiger partial charge in [0.25, 0.3) is 0 Å². The van der Waals surface area contributed by atoms with Crippen LogP contribution in [0.15, 0.2) is 48.5 Å². The molecule has 4 nitrogen and oxygen atoms in total. The number of nitrogens with two attached hydrogens (primary N) is 1. The molecule has 2 N–H and O–H groups in total. The van der Waals surface area contributed by atoms with E-state index in [-0.39, 0.29) is 12.4 Å². The summed E-state index contributed by atoms with van der Waals surface area (Å²) >= 11 is 0. The van der Waals surface area contributed by atoms with Crippen LogP contribution in [0.2, 0.25) is 0 Å². The van der Waals surface area contributed by atoms with Gasteiger partial charge in [-0.3, -0.25) is 9.59 Å². The first-order chi connectivity index (χ1) is 10.1. The maximum atomic E-state index is 12.0. The summed E-state index contributed by atoms with van der Waals surface area (Å²) in [5.41, 5.74) is 7.37. The fraction of sp³-hybridized carbons (Fsp3) is 0.176. The number of hydrogen-bond donors (Lipinski definition) is 1. The highest BCUT2D eigenvalue weighted by Crippen LogP contribution is 2.13. The third-order valence-electron chi connectivity index (χ3n) is 3.19. The Hall–Kier alpha value is -2.62. The summed E-state index contributed by atoms with van der Waals surface area (Å²) in [6, 6.07) is 13.9. The van der Waals surface area contributed by atoms with Gasteiger partial charge in [-0.15, -0.1) is 0 Å². The van der Waals surface area contributed by atoms with Crippen LogP contribution in [0.3, 0.4) is 0 Å². The van der Waals surface area contributed by atoms with E-state index < -0.39 is 5.91 Å². The minimum atomic E-state index is -0.492. The molecule has 108 valence electrons. The number of ketones is 1. The second kappa shape index (κ2) is 6.70. The Morgan fingerprint density at radius 1 is 0.952 bits per heavy atom. The third-order valence-corrected chi connectivity index (χ3v) is 3.19. The molecule has 0 aliphatic carbocycles. The number of ether oxygens (including phenoxy) is 1. The summed E-state index contributed by atoms with van der Waals surface area (Å²) in [5.74, 6) is -0.0520. The Bertz CT molecular complexity index is 630. The molecule has 0 aliphatic heterocycles. The van der Waals surface area contributed by atoms with Gasteiger partial charge in [0.15, 0.2) is 12.4 Å². The molecule has 2 aromatic carbocycles. The summed E-state index contributed by atoms with van der Waals surface area (Å²) in [6.07, 6.45) is 0.942. The van der Waals surface area contributed by atoms with Gasteiger partial charge in [0, 0.05) is 11.1 Å². The first-order valence-corrected chi connectivity index (χ1v) is 6.75. The largest absolute Gasteiger partial charge is 0.485 e. The van der Waals surface area contributed by atoms with Crippen LogP contribution in [0.25, 0.3) is 0 Å². The van der Waals surface area contributed by atoms with Crippen molar-refractivity contribution in [1.29, 1.82) is 0 Å². The molecule has 0 radical (unpaired) electrons. The Kier molecular flexibility index (Phi) is 4.72. The molecule has 0 aliphatic rings. The molecule has 21 heavy (non-hydrogen) atoms. The second-order valence-corrected chi connectivity index (χ2v) is 4.65. The number of aryl methyl sites for hydroxylation is 1. The van der Waals surface area contributed by atoms with Crippen LogP contribution in [-0.2, 0) is 6.42 Å². The molecule has 0 unspecified atom stereocenters. The molecule has 0 fully saturated rings. The van der Waals surface area contributed by atoms with Gasteiger partial charge in [0.05, 0.1) is 0 Å². The van der Waals surface area contributed by atoms with Crippen LogP contribution in [0.5, 0.6) is 5.75 Å². The van der Waals surface area contributed by atoms with Crippen molar-refractivity contribution in [2.45, 2.75) is 13.3 Å². The Morgan fingerprint density at radius 2 is 1.52 bits per heavy atom. The van der Waals surface area contributed by atoms with Crippen molar-refractivity contribution >= 4 is 11.7 Å². The van der Waals surface area contributed by atoms with Gasteiger partial charge in [-0.25, -0.2) is 0 Å². The lowest BCUT2D eigenvalue weighted by atomic mass is 10.1. The molecule has 4 heteroatoms. The third kappa shape index (κ3) is 3.92. The average Bonchev–Trinajstić information content (AvgIpc) is 2.53. The maximum absolute atomic E-state index is 12.0. The minimum absolute atomic E-state index is 0.0403. The van der Waals surface area contributed by atoms with Gasteiger partial charge < -0.3 is 10.5 Å². The molecule has 0 atom stereocenters. The number of rotatable bonds is 6. The number of hydrogen-bond acceptors (Lipinski definition) is 3. The molecule has 0 saturated carbocycles. The normalized spacial score (nSPS) is 10.1. The SMILES string of the molecule is CCc1ccc(C(=O)COc2ccc(C(N)=O)cc2)cc1. The van der Waals surface area contributed by atoms with Crippen molar-refractivity contribution in [3.8, 4) is 5.75 Å². The van der Waals surface area contributed by atoms with Crippen LogP contribution < -0.4 is 10.5 Å². The molecule has 0 heterocycles. The van der Waals surface area contributed by atoms with Crippen molar-refractivity contribution in [2.75, 3.05) is 6.61 Å². The zero-order valence-corrected chi connectivity index (χ0v) is 11.8. The van der Waals surface area contributed by atoms with E-state index in [2.05, 4.69) is 6.92 Å². The van der Waals surface area contributed by atoms with Crippen LogP contribution in [0, 0.1) is 0 Å². The van der Waals surface area contributed by atoms with Crippen molar-refractivity contribution in [2.24, 2.45) is 5.73 Å². The predicted molar refractivity (Wildman–Crippen MR) is 80.6 cm³/mol. The van der Waals surface area contributed by atoms with E-state index in [1.165, 1.54) is 5.56 Å². The zero-order valence-electron chi connectivity index (χ0n) is 11.8. The second-order valence-electron chi connectivity index (χ2n) is 4.65. The van der Waals surface area contributed by atoms with Crippen LogP contribution in [0.4, 0.5) is 0 Å². The number of Topliss-reactive ketones (excluding diaryl/α,β-unsaturated/α-hetero) is 1. The Labute approximate surface area is 123 Å². The van der Waals surface area contributed by atoms with E-state index >= 15 is 0 Å². The fourth-order valence-corrected chi connectivity index (χ4v) is 1.87. The van der Waals surface area contributed by atoms with Gasteiger partial charge >= 0.3 is 0 Å². The maximum Gasteiger partial charge on any atom is 0.248 e. The number of carbonyl (C=O) groups excluding carboxylic acids is 2. The lowest BCUT2D eigenvalue weighted by molar-refractivity contribution is 0.0920. The first-order valence-electron chi connectivity index (χ1n) is 6.75. The van der Waals surface area contributed by atoms with Crippen LogP contribution >= 0.6 is 0 Å². The summed E-state index contributed by atoms with van der Waals surface area (Å²) in [4.78, 5) is 22.9. The highest BCUT2D eigenvalue weighted by molar-refractivity contribution is 5.97. The molecule has 0 aromatic heterocycles. The zero-order chi connectivity index (χ0) is 15.2. The quantitative estimate of drug-likeness (QED) is 0.828. The topological polar surface area (TPSA) is 69.4 Å². The molecule has 2 rings (SSSR count). The van der Waals surface area contributed by atoms with Crippen LogP contribution in [0.1, 0.15) is 33.2 Å².